The molecule has 88 valence electrons. The summed E-state index contributed by atoms with van der Waals surface area (Å²) in [6.45, 7) is 3.09. The maximum absolute atomic E-state index is 12.3. The lowest BCUT2D eigenvalue weighted by Gasteiger charge is -2.29. The highest BCUT2D eigenvalue weighted by Gasteiger charge is 2.61. The minimum absolute atomic E-state index is 0.184. The van der Waals surface area contributed by atoms with Gasteiger partial charge >= 0.3 is 0 Å². The summed E-state index contributed by atoms with van der Waals surface area (Å²) in [5.74, 6) is 3.03. The van der Waals surface area contributed by atoms with Crippen LogP contribution < -0.4 is 0 Å². The Balaban J connectivity index is 1.60. The van der Waals surface area contributed by atoms with Gasteiger partial charge in [0.1, 0.15) is 0 Å². The molecule has 4 fully saturated rings. The zero-order valence-electron chi connectivity index (χ0n) is 9.67. The molecule has 0 aromatic heterocycles. The molecule has 3 heteroatoms. The van der Waals surface area contributed by atoms with Crippen LogP contribution >= 0.6 is 0 Å². The average molecular weight is 221 g/mol. The van der Waals surface area contributed by atoms with Gasteiger partial charge in [-0.3, -0.25) is 4.79 Å². The third-order valence-corrected chi connectivity index (χ3v) is 5.56. The van der Waals surface area contributed by atoms with Crippen molar-refractivity contribution >= 4 is 5.91 Å². The summed E-state index contributed by atoms with van der Waals surface area (Å²) in [5.41, 5.74) is 0. The summed E-state index contributed by atoms with van der Waals surface area (Å²) in [7, 11) is 0. The first-order valence-corrected chi connectivity index (χ1v) is 6.65. The second kappa shape index (κ2) is 2.81. The lowest BCUT2D eigenvalue weighted by molar-refractivity contribution is -0.135. The van der Waals surface area contributed by atoms with Crippen LogP contribution in [0.2, 0.25) is 0 Å². The molecule has 2 bridgehead atoms. The quantitative estimate of drug-likeness (QED) is 0.713. The fourth-order valence-corrected chi connectivity index (χ4v) is 4.55. The van der Waals surface area contributed by atoms with E-state index in [0.717, 1.165) is 19.4 Å². The molecule has 3 nitrogen and oxygen atoms in total. The number of amides is 1. The third kappa shape index (κ3) is 1.01. The minimum Gasteiger partial charge on any atom is -0.391 e. The first kappa shape index (κ1) is 9.46. The summed E-state index contributed by atoms with van der Waals surface area (Å²) < 4.78 is 0. The van der Waals surface area contributed by atoms with E-state index in [4.69, 9.17) is 0 Å². The highest BCUT2D eigenvalue weighted by Crippen LogP contribution is 2.56. The van der Waals surface area contributed by atoms with Crippen molar-refractivity contribution in [3.05, 3.63) is 0 Å². The number of hydrogen-bond donors (Lipinski definition) is 1. The molecule has 1 amide bonds. The second-order valence-electron chi connectivity index (χ2n) is 6.45. The Hall–Kier alpha value is -0.570. The van der Waals surface area contributed by atoms with Gasteiger partial charge in [0, 0.05) is 12.5 Å². The van der Waals surface area contributed by atoms with Crippen molar-refractivity contribution in [3.8, 4) is 0 Å². The fourth-order valence-electron chi connectivity index (χ4n) is 4.55. The number of nitrogens with zero attached hydrogens (tertiary/aromatic N) is 1. The Labute approximate surface area is 95.8 Å². The van der Waals surface area contributed by atoms with Gasteiger partial charge < -0.3 is 10.0 Å². The molecule has 16 heavy (non-hydrogen) atoms. The number of likely N-dealkylation sites (tertiary alicyclic amines) is 1. The van der Waals surface area contributed by atoms with Crippen LogP contribution in [0, 0.1) is 29.6 Å². The van der Waals surface area contributed by atoms with E-state index in [1.165, 1.54) is 6.42 Å². The molecule has 0 radical (unpaired) electrons. The lowest BCUT2D eigenvalue weighted by Crippen LogP contribution is -2.44. The van der Waals surface area contributed by atoms with Gasteiger partial charge in [-0.25, -0.2) is 0 Å². The maximum atomic E-state index is 12.3. The molecular weight excluding hydrogens is 202 g/mol. The predicted molar refractivity (Wildman–Crippen MR) is 58.5 cm³/mol. The topological polar surface area (TPSA) is 40.5 Å². The third-order valence-electron chi connectivity index (χ3n) is 5.56. The van der Waals surface area contributed by atoms with Crippen molar-refractivity contribution in [1.29, 1.82) is 0 Å². The van der Waals surface area contributed by atoms with Crippen LogP contribution in [0.25, 0.3) is 0 Å². The predicted octanol–water partition coefficient (Wildman–Crippen LogP) is 0.870. The van der Waals surface area contributed by atoms with Crippen molar-refractivity contribution in [2.45, 2.75) is 38.3 Å². The molecule has 7 atom stereocenters. The molecular formula is C13H19NO2. The van der Waals surface area contributed by atoms with Crippen LogP contribution in [-0.4, -0.2) is 34.6 Å². The van der Waals surface area contributed by atoms with Crippen LogP contribution in [0.4, 0.5) is 0 Å². The number of rotatable bonds is 1. The standard InChI is InChI=1S/C13H19NO2/c1-6-2-9(6)13(16)14-5-8-3-7-4-10(8)11(14)12(7)15/h6-12,15H,2-5H2,1H3/t6-,7+,8+,9+,10-,11+,12+/m1/s1. The molecule has 4 rings (SSSR count). The Morgan fingerprint density at radius 2 is 2.00 bits per heavy atom. The lowest BCUT2D eigenvalue weighted by atomic mass is 9.88. The van der Waals surface area contributed by atoms with Crippen molar-refractivity contribution in [2.24, 2.45) is 29.6 Å². The van der Waals surface area contributed by atoms with E-state index < -0.39 is 0 Å². The molecule has 0 aromatic rings. The first-order chi connectivity index (χ1) is 7.66. The van der Waals surface area contributed by atoms with Gasteiger partial charge in [-0.1, -0.05) is 6.92 Å². The average Bonchev–Trinajstić information content (AvgIpc) is 2.63. The summed E-state index contributed by atoms with van der Waals surface area (Å²) in [6.07, 6.45) is 3.17. The molecule has 4 aliphatic rings. The number of aliphatic hydroxyl groups is 1. The molecule has 0 unspecified atom stereocenters. The molecule has 1 aliphatic heterocycles. The van der Waals surface area contributed by atoms with Gasteiger partial charge in [-0.2, -0.15) is 0 Å². The Bertz CT molecular complexity index is 354. The zero-order valence-corrected chi connectivity index (χ0v) is 9.67. The van der Waals surface area contributed by atoms with Crippen molar-refractivity contribution in [2.75, 3.05) is 6.54 Å². The number of aliphatic hydroxyl groups excluding tert-OH is 1. The van der Waals surface area contributed by atoms with Crippen molar-refractivity contribution in [1.82, 2.24) is 4.90 Å². The van der Waals surface area contributed by atoms with Crippen LogP contribution in [0.3, 0.4) is 0 Å². The van der Waals surface area contributed by atoms with E-state index in [1.807, 2.05) is 4.90 Å². The largest absolute Gasteiger partial charge is 0.391 e. The highest BCUT2D eigenvalue weighted by atomic mass is 16.3. The van der Waals surface area contributed by atoms with Gasteiger partial charge in [0.05, 0.1) is 12.1 Å². The number of fused-ring (bicyclic) bond motifs is 1. The van der Waals surface area contributed by atoms with Crippen LogP contribution in [0.5, 0.6) is 0 Å². The molecule has 0 spiro atoms. The van der Waals surface area contributed by atoms with Crippen LogP contribution in [0.1, 0.15) is 26.2 Å². The Morgan fingerprint density at radius 3 is 2.62 bits per heavy atom. The number of carbonyl (C=O) groups is 1. The molecule has 0 aromatic carbocycles. The Kier molecular flexibility index (Phi) is 1.66. The van der Waals surface area contributed by atoms with E-state index in [9.17, 15) is 9.90 Å². The molecule has 1 saturated heterocycles. The molecule has 1 N–H and O–H groups in total. The minimum atomic E-state index is -0.221. The summed E-state index contributed by atoms with van der Waals surface area (Å²) >= 11 is 0. The smallest absolute Gasteiger partial charge is 0.226 e. The number of hydrogen-bond acceptors (Lipinski definition) is 2. The van der Waals surface area contributed by atoms with E-state index in [2.05, 4.69) is 6.92 Å². The number of carbonyl (C=O) groups excluding carboxylic acids is 1. The molecule has 3 saturated carbocycles. The van der Waals surface area contributed by atoms with E-state index >= 15 is 0 Å². The van der Waals surface area contributed by atoms with Gasteiger partial charge in [-0.15, -0.1) is 0 Å². The molecule has 3 aliphatic carbocycles. The summed E-state index contributed by atoms with van der Waals surface area (Å²) in [4.78, 5) is 14.3. The second-order valence-corrected chi connectivity index (χ2v) is 6.45. The van der Waals surface area contributed by atoms with Crippen molar-refractivity contribution in [3.63, 3.8) is 0 Å². The van der Waals surface area contributed by atoms with E-state index in [0.29, 0.717) is 29.6 Å². The monoisotopic (exact) mass is 221 g/mol. The van der Waals surface area contributed by atoms with Gasteiger partial charge in [0.15, 0.2) is 0 Å². The SMILES string of the molecule is C[C@@H]1C[C@@H]1C(=O)N1C[C@@H]2C[C@H]3C[C@H]2[C@H]1[C@H]3O. The Morgan fingerprint density at radius 1 is 1.25 bits per heavy atom. The molecule has 1 heterocycles. The normalized spacial score (nSPS) is 57.1. The first-order valence-electron chi connectivity index (χ1n) is 6.65. The van der Waals surface area contributed by atoms with Crippen LogP contribution in [0.15, 0.2) is 0 Å². The van der Waals surface area contributed by atoms with Crippen molar-refractivity contribution < 1.29 is 9.90 Å². The fraction of sp³-hybridized carbons (Fsp3) is 0.923. The van der Waals surface area contributed by atoms with Gasteiger partial charge in [0.25, 0.3) is 0 Å². The highest BCUT2D eigenvalue weighted by molar-refractivity contribution is 5.82. The summed E-state index contributed by atoms with van der Waals surface area (Å²) in [5, 5.41) is 10.2. The zero-order chi connectivity index (χ0) is 11.0. The van der Waals surface area contributed by atoms with Gasteiger partial charge in [0.2, 0.25) is 5.91 Å². The van der Waals surface area contributed by atoms with Crippen LogP contribution in [-0.2, 0) is 4.79 Å². The summed E-state index contributed by atoms with van der Waals surface area (Å²) in [6, 6.07) is 0.184. The van der Waals surface area contributed by atoms with Gasteiger partial charge in [-0.05, 0) is 42.9 Å². The maximum Gasteiger partial charge on any atom is 0.226 e. The van der Waals surface area contributed by atoms with E-state index in [1.54, 1.807) is 0 Å². The van der Waals surface area contributed by atoms with E-state index in [-0.39, 0.29) is 18.1 Å².